The normalized spacial score (nSPS) is 22.9. The maximum Gasteiger partial charge on any atom is 0.303 e. The first-order valence-corrected chi connectivity index (χ1v) is 12.6. The Morgan fingerprint density at radius 2 is 1.61 bits per heavy atom. The highest BCUT2D eigenvalue weighted by atomic mass is 32.1. The van der Waals surface area contributed by atoms with Gasteiger partial charge in [0.1, 0.15) is 12.7 Å². The molecule has 3 aromatic rings. The van der Waals surface area contributed by atoms with Crippen molar-refractivity contribution in [3.63, 3.8) is 0 Å². The van der Waals surface area contributed by atoms with E-state index in [-0.39, 0.29) is 6.61 Å². The molecule has 5 unspecified atom stereocenters. The van der Waals surface area contributed by atoms with E-state index in [9.17, 15) is 19.2 Å². The molecule has 1 saturated heterocycles. The van der Waals surface area contributed by atoms with Gasteiger partial charge in [0.05, 0.1) is 5.69 Å². The fourth-order valence-electron chi connectivity index (χ4n) is 4.21. The van der Waals surface area contributed by atoms with Crippen LogP contribution in [0.2, 0.25) is 0 Å². The Labute approximate surface area is 221 Å². The molecule has 1 fully saturated rings. The summed E-state index contributed by atoms with van der Waals surface area (Å²) >= 11 is 1.28. The number of para-hydroxylation sites is 1. The van der Waals surface area contributed by atoms with E-state index in [2.05, 4.69) is 15.3 Å². The van der Waals surface area contributed by atoms with Crippen molar-refractivity contribution in [2.75, 3.05) is 11.9 Å². The lowest BCUT2D eigenvalue weighted by Gasteiger charge is -2.44. The number of benzene rings is 1. The number of carbonyl (C=O) groups excluding carboxylic acids is 4. The van der Waals surface area contributed by atoms with Gasteiger partial charge in [-0.25, -0.2) is 4.98 Å². The molecule has 13 heteroatoms. The highest BCUT2D eigenvalue weighted by molar-refractivity contribution is 7.14. The Morgan fingerprint density at radius 1 is 0.947 bits per heavy atom. The van der Waals surface area contributed by atoms with Gasteiger partial charge < -0.3 is 34.0 Å². The largest absolute Gasteiger partial charge is 0.463 e. The van der Waals surface area contributed by atoms with E-state index in [0.717, 1.165) is 16.5 Å². The number of H-pyrrole nitrogens is 1. The Bertz CT molecular complexity index is 1340. The van der Waals surface area contributed by atoms with Crippen LogP contribution in [0.5, 0.6) is 0 Å². The van der Waals surface area contributed by atoms with Gasteiger partial charge in [0.2, 0.25) is 0 Å². The van der Waals surface area contributed by atoms with E-state index in [1.54, 1.807) is 0 Å². The van der Waals surface area contributed by atoms with Crippen molar-refractivity contribution in [1.82, 2.24) is 9.97 Å². The van der Waals surface area contributed by atoms with Crippen molar-refractivity contribution < 1.29 is 42.9 Å². The van der Waals surface area contributed by atoms with Gasteiger partial charge in [-0.05, 0) is 6.07 Å². The van der Waals surface area contributed by atoms with E-state index in [4.69, 9.17) is 23.7 Å². The molecule has 2 aromatic heterocycles. The SMILES string of the molecule is CC(=O)OCC1OC(Nc2nc(-c3c[nH]c4ccccc34)cs2)C(OC(C)=O)C(OC(C)=O)C1OC(C)=O. The molecule has 5 atom stereocenters. The maximum absolute atomic E-state index is 12.0. The van der Waals surface area contributed by atoms with Crippen LogP contribution < -0.4 is 5.32 Å². The van der Waals surface area contributed by atoms with Gasteiger partial charge >= 0.3 is 23.9 Å². The smallest absolute Gasteiger partial charge is 0.303 e. The molecule has 0 bridgehead atoms. The minimum Gasteiger partial charge on any atom is -0.463 e. The summed E-state index contributed by atoms with van der Waals surface area (Å²) in [6.45, 7) is 4.43. The number of esters is 4. The van der Waals surface area contributed by atoms with Gasteiger partial charge in [-0.15, -0.1) is 11.3 Å². The van der Waals surface area contributed by atoms with E-state index >= 15 is 0 Å². The van der Waals surface area contributed by atoms with Crippen LogP contribution in [0.25, 0.3) is 22.2 Å². The highest BCUT2D eigenvalue weighted by Crippen LogP contribution is 2.34. The van der Waals surface area contributed by atoms with Crippen LogP contribution in [0.15, 0.2) is 35.8 Å². The molecule has 3 heterocycles. The summed E-state index contributed by atoms with van der Waals surface area (Å²) in [5, 5.41) is 6.36. The number of nitrogens with zero attached hydrogens (tertiary/aromatic N) is 1. The summed E-state index contributed by atoms with van der Waals surface area (Å²) in [6, 6.07) is 7.80. The first-order valence-electron chi connectivity index (χ1n) is 11.7. The fraction of sp³-hybridized carbons (Fsp3) is 0.400. The van der Waals surface area contributed by atoms with Crippen molar-refractivity contribution in [1.29, 1.82) is 0 Å². The molecule has 1 aliphatic rings. The predicted molar refractivity (Wildman–Crippen MR) is 135 cm³/mol. The second kappa shape index (κ2) is 11.6. The summed E-state index contributed by atoms with van der Waals surface area (Å²) in [7, 11) is 0. The van der Waals surface area contributed by atoms with Crippen LogP contribution in [-0.4, -0.2) is 71.1 Å². The summed E-state index contributed by atoms with van der Waals surface area (Å²) in [5.74, 6) is -2.66. The summed E-state index contributed by atoms with van der Waals surface area (Å²) in [6.07, 6.45) is -4.01. The predicted octanol–water partition coefficient (Wildman–Crippen LogP) is 2.79. The molecular formula is C25H27N3O9S. The van der Waals surface area contributed by atoms with Crippen LogP contribution in [-0.2, 0) is 42.9 Å². The number of thiazole rings is 1. The third-order valence-corrected chi connectivity index (χ3v) is 6.40. The molecular weight excluding hydrogens is 518 g/mol. The zero-order valence-corrected chi connectivity index (χ0v) is 21.9. The Balaban J connectivity index is 1.66. The third kappa shape index (κ3) is 6.29. The lowest BCUT2D eigenvalue weighted by atomic mass is 9.97. The number of rotatable bonds is 8. The molecule has 1 aromatic carbocycles. The topological polar surface area (TPSA) is 155 Å². The molecule has 0 aliphatic carbocycles. The second-order valence-corrected chi connectivity index (χ2v) is 9.41. The molecule has 202 valence electrons. The fourth-order valence-corrected chi connectivity index (χ4v) is 4.95. The zero-order chi connectivity index (χ0) is 27.4. The number of ether oxygens (including phenoxy) is 5. The van der Waals surface area contributed by atoms with E-state index in [0.29, 0.717) is 10.8 Å². The van der Waals surface area contributed by atoms with Crippen LogP contribution in [0.4, 0.5) is 5.13 Å². The molecule has 38 heavy (non-hydrogen) atoms. The quantitative estimate of drug-likeness (QED) is 0.317. The summed E-state index contributed by atoms with van der Waals surface area (Å²) in [4.78, 5) is 55.2. The van der Waals surface area contributed by atoms with Crippen molar-refractivity contribution in [3.05, 3.63) is 35.8 Å². The number of nitrogens with one attached hydrogen (secondary N) is 2. The number of anilines is 1. The molecule has 0 spiro atoms. The summed E-state index contributed by atoms with van der Waals surface area (Å²) < 4.78 is 27.5. The second-order valence-electron chi connectivity index (χ2n) is 8.55. The number of carbonyl (C=O) groups is 4. The van der Waals surface area contributed by atoms with Crippen molar-refractivity contribution in [2.45, 2.75) is 58.3 Å². The van der Waals surface area contributed by atoms with Gasteiger partial charge in [0.25, 0.3) is 0 Å². The molecule has 4 rings (SSSR count). The van der Waals surface area contributed by atoms with Crippen LogP contribution in [0.1, 0.15) is 27.7 Å². The van der Waals surface area contributed by atoms with Gasteiger partial charge in [-0.3, -0.25) is 19.2 Å². The first kappa shape index (κ1) is 27.1. The van der Waals surface area contributed by atoms with Gasteiger partial charge in [-0.1, -0.05) is 18.2 Å². The molecule has 2 N–H and O–H groups in total. The maximum atomic E-state index is 12.0. The first-order chi connectivity index (χ1) is 18.1. The highest BCUT2D eigenvalue weighted by Gasteiger charge is 2.52. The molecule has 0 radical (unpaired) electrons. The molecule has 12 nitrogen and oxygen atoms in total. The van der Waals surface area contributed by atoms with Gasteiger partial charge in [-0.2, -0.15) is 0 Å². The number of aromatic nitrogens is 2. The lowest BCUT2D eigenvalue weighted by Crippen LogP contribution is -2.64. The standard InChI is InChI=1S/C25H27N3O9S/c1-12(29)33-10-20-21(34-13(2)30)22(35-14(3)31)23(36-15(4)32)24(37-20)28-25-27-19(11-38-25)17-9-26-18-8-6-5-7-16(17)18/h5-9,11,20-24,26H,10H2,1-4H3,(H,27,28). The number of aromatic amines is 1. The van der Waals surface area contributed by atoms with Crippen molar-refractivity contribution in [2.24, 2.45) is 0 Å². The average molecular weight is 546 g/mol. The van der Waals surface area contributed by atoms with E-state index < -0.39 is 54.5 Å². The van der Waals surface area contributed by atoms with Gasteiger partial charge in [0, 0.05) is 55.7 Å². The van der Waals surface area contributed by atoms with E-state index in [1.165, 1.54) is 39.0 Å². The lowest BCUT2D eigenvalue weighted by molar-refractivity contribution is -0.247. The van der Waals surface area contributed by atoms with Gasteiger partial charge in [0.15, 0.2) is 29.7 Å². The minimum absolute atomic E-state index is 0.311. The monoisotopic (exact) mass is 545 g/mol. The van der Waals surface area contributed by atoms with Crippen molar-refractivity contribution in [3.8, 4) is 11.3 Å². The average Bonchev–Trinajstić information content (AvgIpc) is 3.47. The minimum atomic E-state index is -1.26. The zero-order valence-electron chi connectivity index (χ0n) is 21.1. The van der Waals surface area contributed by atoms with Crippen LogP contribution >= 0.6 is 11.3 Å². The molecule has 1 aliphatic heterocycles. The van der Waals surface area contributed by atoms with Crippen molar-refractivity contribution >= 4 is 51.2 Å². The molecule has 0 saturated carbocycles. The number of fused-ring (bicyclic) bond motifs is 1. The Kier molecular flexibility index (Phi) is 8.27. The van der Waals surface area contributed by atoms with E-state index in [1.807, 2.05) is 35.8 Å². The Morgan fingerprint density at radius 3 is 2.29 bits per heavy atom. The Hall–Kier alpha value is -3.97. The van der Waals surface area contributed by atoms with Crippen LogP contribution in [0, 0.1) is 0 Å². The summed E-state index contributed by atoms with van der Waals surface area (Å²) in [5.41, 5.74) is 2.55. The number of hydrogen-bond donors (Lipinski definition) is 2. The third-order valence-electron chi connectivity index (χ3n) is 5.63. The molecule has 0 amide bonds. The number of hydrogen-bond acceptors (Lipinski definition) is 12. The van der Waals surface area contributed by atoms with Crippen LogP contribution in [0.3, 0.4) is 0 Å².